The first-order valence-corrected chi connectivity index (χ1v) is 12.7. The molecule has 0 fully saturated rings. The number of hydrogen-bond acceptors (Lipinski definition) is 7. The quantitative estimate of drug-likeness (QED) is 0.213. The van der Waals surface area contributed by atoms with Crippen LogP contribution in [0.1, 0.15) is 19.3 Å². The van der Waals surface area contributed by atoms with E-state index in [0.29, 0.717) is 28.6 Å². The summed E-state index contributed by atoms with van der Waals surface area (Å²) in [5.41, 5.74) is 1.01. The van der Waals surface area contributed by atoms with Crippen LogP contribution in [0.25, 0.3) is 10.8 Å². The second-order valence-corrected chi connectivity index (χ2v) is 8.78. The summed E-state index contributed by atoms with van der Waals surface area (Å²) in [7, 11) is 2.99. The smallest absolute Gasteiger partial charge is 0.306 e. The molecule has 0 unspecified atom stereocenters. The average molecular weight is 543 g/mol. The molecule has 206 valence electrons. The van der Waals surface area contributed by atoms with Crippen molar-refractivity contribution < 1.29 is 33.3 Å². The van der Waals surface area contributed by atoms with E-state index in [-0.39, 0.29) is 25.2 Å². The van der Waals surface area contributed by atoms with Gasteiger partial charge in [0, 0.05) is 30.0 Å². The minimum atomic E-state index is -0.574. The first kappa shape index (κ1) is 28.0. The Morgan fingerprint density at radius 1 is 0.700 bits per heavy atom. The van der Waals surface area contributed by atoms with Crippen molar-refractivity contribution in [1.29, 1.82) is 0 Å². The Morgan fingerprint density at radius 2 is 1.45 bits per heavy atom. The van der Waals surface area contributed by atoms with Crippen LogP contribution in [-0.2, 0) is 19.1 Å². The molecule has 0 bridgehead atoms. The molecule has 9 heteroatoms. The Kier molecular flexibility index (Phi) is 9.55. The number of carbonyl (C=O) groups is 3. The third kappa shape index (κ3) is 7.73. The van der Waals surface area contributed by atoms with Crippen LogP contribution < -0.4 is 24.8 Å². The van der Waals surface area contributed by atoms with Gasteiger partial charge in [-0.2, -0.15) is 0 Å². The van der Waals surface area contributed by atoms with E-state index in [1.807, 2.05) is 42.5 Å². The van der Waals surface area contributed by atoms with E-state index in [4.69, 9.17) is 18.9 Å². The van der Waals surface area contributed by atoms with Gasteiger partial charge in [-0.1, -0.05) is 36.4 Å². The van der Waals surface area contributed by atoms with Gasteiger partial charge in [-0.05, 0) is 54.3 Å². The lowest BCUT2D eigenvalue weighted by atomic mass is 10.1. The van der Waals surface area contributed by atoms with Crippen LogP contribution in [0.2, 0.25) is 0 Å². The predicted octanol–water partition coefficient (Wildman–Crippen LogP) is 5.94. The third-order valence-corrected chi connectivity index (χ3v) is 5.95. The van der Waals surface area contributed by atoms with Crippen LogP contribution in [0.5, 0.6) is 23.0 Å². The molecule has 0 aliphatic carbocycles. The summed E-state index contributed by atoms with van der Waals surface area (Å²) >= 11 is 0. The second kappa shape index (κ2) is 13.7. The van der Waals surface area contributed by atoms with Gasteiger partial charge >= 0.3 is 5.97 Å². The molecule has 0 radical (unpaired) electrons. The number of carbonyl (C=O) groups excluding carboxylic acids is 3. The molecule has 0 aliphatic rings. The number of methoxy groups -OCH3 is 2. The molecule has 0 aromatic heterocycles. The molecule has 2 amide bonds. The van der Waals surface area contributed by atoms with Gasteiger partial charge in [0.2, 0.25) is 5.91 Å². The van der Waals surface area contributed by atoms with Gasteiger partial charge in [-0.3, -0.25) is 14.4 Å². The van der Waals surface area contributed by atoms with Crippen LogP contribution in [0, 0.1) is 0 Å². The summed E-state index contributed by atoms with van der Waals surface area (Å²) in [6.07, 6.45) is 0.399. The molecule has 0 saturated carbocycles. The summed E-state index contributed by atoms with van der Waals surface area (Å²) in [6, 6.07) is 25.9. The van der Waals surface area contributed by atoms with Crippen LogP contribution in [0.15, 0.2) is 84.9 Å². The summed E-state index contributed by atoms with van der Waals surface area (Å²) in [5, 5.41) is 7.53. The topological polar surface area (TPSA) is 112 Å². The fourth-order valence-corrected chi connectivity index (χ4v) is 3.95. The minimum absolute atomic E-state index is 0.000983. The number of nitrogens with one attached hydrogen (secondary N) is 2. The Hall–Kier alpha value is -5.05. The molecule has 40 heavy (non-hydrogen) atoms. The molecule has 4 aromatic rings. The zero-order valence-corrected chi connectivity index (χ0v) is 22.3. The lowest BCUT2D eigenvalue weighted by molar-refractivity contribution is -0.147. The van der Waals surface area contributed by atoms with E-state index in [0.717, 1.165) is 16.5 Å². The van der Waals surface area contributed by atoms with Gasteiger partial charge in [-0.25, -0.2) is 0 Å². The highest BCUT2D eigenvalue weighted by atomic mass is 16.5. The highest BCUT2D eigenvalue weighted by Crippen LogP contribution is 2.31. The van der Waals surface area contributed by atoms with Gasteiger partial charge in [0.05, 0.1) is 19.9 Å². The van der Waals surface area contributed by atoms with Gasteiger partial charge in [-0.15, -0.1) is 0 Å². The SMILES string of the molecule is COc1ccc(OC)c(NC(=O)COC(=O)CCCC(=O)Nc2ccc(Oc3cccc4ccccc34)cc2)c1. The molecule has 2 N–H and O–H groups in total. The molecule has 0 spiro atoms. The van der Waals surface area contributed by atoms with E-state index in [1.54, 1.807) is 42.5 Å². The van der Waals surface area contributed by atoms with Crippen molar-refractivity contribution >= 4 is 39.9 Å². The highest BCUT2D eigenvalue weighted by Gasteiger charge is 2.13. The zero-order chi connectivity index (χ0) is 28.3. The molecule has 4 aromatic carbocycles. The number of fused-ring (bicyclic) bond motifs is 1. The van der Waals surface area contributed by atoms with Crippen molar-refractivity contribution in [2.45, 2.75) is 19.3 Å². The number of rotatable bonds is 12. The molecular weight excluding hydrogens is 512 g/mol. The Bertz CT molecular complexity index is 1480. The van der Waals surface area contributed by atoms with Crippen molar-refractivity contribution in [3.63, 3.8) is 0 Å². The Balaban J connectivity index is 1.17. The Labute approximate surface area is 232 Å². The van der Waals surface area contributed by atoms with Crippen molar-refractivity contribution in [1.82, 2.24) is 0 Å². The first-order valence-electron chi connectivity index (χ1n) is 12.7. The third-order valence-electron chi connectivity index (χ3n) is 5.95. The molecule has 0 aliphatic heterocycles. The molecule has 0 saturated heterocycles. The first-order chi connectivity index (χ1) is 19.4. The standard InChI is InChI=1S/C31H30N2O7/c1-37-24-17-18-28(38-2)26(19-24)33-30(35)20-39-31(36)12-6-11-29(34)32-22-13-15-23(16-14-22)40-27-10-5-8-21-7-3-4-9-25(21)27/h3-5,7-10,13-19H,6,11-12,20H2,1-2H3,(H,32,34)(H,33,35). The van der Waals surface area contributed by atoms with Gasteiger partial charge < -0.3 is 29.6 Å². The molecule has 0 atom stereocenters. The monoisotopic (exact) mass is 542 g/mol. The number of hydrogen-bond donors (Lipinski definition) is 2. The van der Waals surface area contributed by atoms with Gasteiger partial charge in [0.1, 0.15) is 23.0 Å². The number of esters is 1. The van der Waals surface area contributed by atoms with Gasteiger partial charge in [0.25, 0.3) is 5.91 Å². The summed E-state index contributed by atoms with van der Waals surface area (Å²) in [5.74, 6) is 1.04. The summed E-state index contributed by atoms with van der Waals surface area (Å²) in [4.78, 5) is 36.6. The largest absolute Gasteiger partial charge is 0.497 e. The maximum absolute atomic E-state index is 12.3. The van der Waals surface area contributed by atoms with E-state index in [2.05, 4.69) is 10.6 Å². The van der Waals surface area contributed by atoms with Crippen molar-refractivity contribution in [2.24, 2.45) is 0 Å². The predicted molar refractivity (Wildman–Crippen MR) is 152 cm³/mol. The van der Waals surface area contributed by atoms with E-state index >= 15 is 0 Å². The van der Waals surface area contributed by atoms with Crippen molar-refractivity contribution in [3.05, 3.63) is 84.9 Å². The van der Waals surface area contributed by atoms with Crippen molar-refractivity contribution in [3.8, 4) is 23.0 Å². The zero-order valence-electron chi connectivity index (χ0n) is 22.3. The molecule has 9 nitrogen and oxygen atoms in total. The van der Waals surface area contributed by atoms with Crippen LogP contribution in [0.4, 0.5) is 11.4 Å². The molecule has 0 heterocycles. The fourth-order valence-electron chi connectivity index (χ4n) is 3.95. The normalized spacial score (nSPS) is 10.4. The Morgan fingerprint density at radius 3 is 2.23 bits per heavy atom. The minimum Gasteiger partial charge on any atom is -0.497 e. The van der Waals surface area contributed by atoms with E-state index in [9.17, 15) is 14.4 Å². The van der Waals surface area contributed by atoms with Crippen molar-refractivity contribution in [2.75, 3.05) is 31.5 Å². The van der Waals surface area contributed by atoms with Gasteiger partial charge in [0.15, 0.2) is 6.61 Å². The highest BCUT2D eigenvalue weighted by molar-refractivity contribution is 5.94. The number of ether oxygens (including phenoxy) is 4. The lowest BCUT2D eigenvalue weighted by Crippen LogP contribution is -2.21. The fraction of sp³-hybridized carbons (Fsp3) is 0.194. The summed E-state index contributed by atoms with van der Waals surface area (Å²) < 4.78 is 21.4. The average Bonchev–Trinajstić information content (AvgIpc) is 2.97. The van der Waals surface area contributed by atoms with E-state index < -0.39 is 18.5 Å². The number of benzene rings is 4. The van der Waals surface area contributed by atoms with Crippen LogP contribution in [-0.4, -0.2) is 38.6 Å². The molecular formula is C31H30N2O7. The number of anilines is 2. The molecule has 4 rings (SSSR count). The second-order valence-electron chi connectivity index (χ2n) is 8.78. The maximum atomic E-state index is 12.3. The number of amides is 2. The summed E-state index contributed by atoms with van der Waals surface area (Å²) in [6.45, 7) is -0.460. The van der Waals surface area contributed by atoms with Crippen LogP contribution in [0.3, 0.4) is 0 Å². The van der Waals surface area contributed by atoms with Crippen LogP contribution >= 0.6 is 0 Å². The maximum Gasteiger partial charge on any atom is 0.306 e. The van der Waals surface area contributed by atoms with E-state index in [1.165, 1.54) is 14.2 Å². The lowest BCUT2D eigenvalue weighted by Gasteiger charge is -2.12.